The van der Waals surface area contributed by atoms with Crippen molar-refractivity contribution < 1.29 is 28.6 Å². The molecule has 1 aromatic heterocycles. The Morgan fingerprint density at radius 3 is 2.80 bits per heavy atom. The van der Waals surface area contributed by atoms with Crippen LogP contribution < -0.4 is 9.47 Å². The third-order valence-electron chi connectivity index (χ3n) is 6.55. The second kappa shape index (κ2) is 10.9. The van der Waals surface area contributed by atoms with Crippen LogP contribution in [0.1, 0.15) is 45.3 Å². The Kier molecular flexibility index (Phi) is 7.86. The molecule has 3 unspecified atom stereocenters. The first-order valence-corrected chi connectivity index (χ1v) is 12.9. The predicted octanol–water partition coefficient (Wildman–Crippen LogP) is 5.83. The number of carbonyl (C=O) groups excluding carboxylic acids is 1. The van der Waals surface area contributed by atoms with E-state index in [0.717, 1.165) is 12.8 Å². The molecule has 1 N–H and O–H groups in total. The van der Waals surface area contributed by atoms with E-state index in [-0.39, 0.29) is 11.9 Å². The number of hydrogen-bond donors (Lipinski definition) is 1. The lowest BCUT2D eigenvalue weighted by molar-refractivity contribution is -0.139. The number of carbonyl (C=O) groups is 2. The van der Waals surface area contributed by atoms with Gasteiger partial charge in [0, 0.05) is 23.7 Å². The third-order valence-corrected chi connectivity index (χ3v) is 7.88. The second-order valence-corrected chi connectivity index (χ2v) is 10.8. The Hall–Kier alpha value is -2.78. The number of furan rings is 1. The highest BCUT2D eigenvalue weighted by atomic mass is 32.2. The first-order valence-electron chi connectivity index (χ1n) is 11.7. The summed E-state index contributed by atoms with van der Waals surface area (Å²) in [4.78, 5) is 26.4. The SMILES string of the molecule is COc1cc(OCC(=O)O)cc(-c2ccc(/C=C3\SC(=S)N(C(C)C4CCCC(C)C4)C3=O)o2)c1. The minimum atomic E-state index is -1.07. The highest BCUT2D eigenvalue weighted by molar-refractivity contribution is 8.26. The van der Waals surface area contributed by atoms with Crippen LogP contribution in [0.3, 0.4) is 0 Å². The summed E-state index contributed by atoms with van der Waals surface area (Å²) < 4.78 is 17.2. The molecule has 1 saturated heterocycles. The van der Waals surface area contributed by atoms with Gasteiger partial charge < -0.3 is 19.0 Å². The molecule has 9 heteroatoms. The van der Waals surface area contributed by atoms with Crippen LogP contribution in [0.2, 0.25) is 0 Å². The first-order chi connectivity index (χ1) is 16.7. The van der Waals surface area contributed by atoms with E-state index in [9.17, 15) is 9.59 Å². The number of thioether (sulfide) groups is 1. The molecule has 3 atom stereocenters. The van der Waals surface area contributed by atoms with E-state index >= 15 is 0 Å². The average Bonchev–Trinajstić information content (AvgIpc) is 3.41. The van der Waals surface area contributed by atoms with Crippen LogP contribution >= 0.6 is 24.0 Å². The standard InChI is InChI=1S/C26H29NO6S2/c1-15-5-4-6-17(9-15)16(2)27-25(30)23(35-26(27)34)13-19-7-8-22(33-19)18-10-20(31-3)12-21(11-18)32-14-24(28)29/h7-8,10-13,15-17H,4-6,9,14H2,1-3H3,(H,28,29)/b23-13-. The second-order valence-electron chi connectivity index (χ2n) is 9.11. The van der Waals surface area contributed by atoms with Crippen molar-refractivity contribution in [3.05, 3.63) is 41.0 Å². The fourth-order valence-corrected chi connectivity index (χ4v) is 6.15. The molecule has 186 valence electrons. The summed E-state index contributed by atoms with van der Waals surface area (Å²) in [5.74, 6) is 1.92. The van der Waals surface area contributed by atoms with Gasteiger partial charge in [-0.1, -0.05) is 43.7 Å². The molecule has 35 heavy (non-hydrogen) atoms. The molecule has 1 aliphatic carbocycles. The molecule has 0 radical (unpaired) electrons. The quantitative estimate of drug-likeness (QED) is 0.347. The van der Waals surface area contributed by atoms with Crippen molar-refractivity contribution in [2.24, 2.45) is 11.8 Å². The van der Waals surface area contributed by atoms with Gasteiger partial charge in [-0.05, 0) is 55.9 Å². The van der Waals surface area contributed by atoms with Gasteiger partial charge in [-0.2, -0.15) is 0 Å². The molecule has 0 bridgehead atoms. The molecule has 2 heterocycles. The molecule has 1 amide bonds. The summed E-state index contributed by atoms with van der Waals surface area (Å²) in [5, 5.41) is 8.88. The highest BCUT2D eigenvalue weighted by Gasteiger charge is 2.39. The Labute approximate surface area is 214 Å². The number of carboxylic acids is 1. The van der Waals surface area contributed by atoms with Crippen LogP contribution in [0.15, 0.2) is 39.7 Å². The van der Waals surface area contributed by atoms with Gasteiger partial charge in [0.05, 0.1) is 12.0 Å². The molecule has 4 rings (SSSR count). The van der Waals surface area contributed by atoms with Crippen molar-refractivity contribution in [3.8, 4) is 22.8 Å². The number of hydrogen-bond acceptors (Lipinski definition) is 7. The fraction of sp³-hybridized carbons (Fsp3) is 0.423. The largest absolute Gasteiger partial charge is 0.497 e. The molecule has 7 nitrogen and oxygen atoms in total. The van der Waals surface area contributed by atoms with E-state index < -0.39 is 12.6 Å². The number of ether oxygens (including phenoxy) is 2. The van der Waals surface area contributed by atoms with Gasteiger partial charge in [0.15, 0.2) is 6.61 Å². The number of nitrogens with zero attached hydrogens (tertiary/aromatic N) is 1. The van der Waals surface area contributed by atoms with Crippen molar-refractivity contribution in [1.82, 2.24) is 4.90 Å². The van der Waals surface area contributed by atoms with Gasteiger partial charge in [0.2, 0.25) is 0 Å². The molecule has 2 aromatic rings. The molecule has 1 saturated carbocycles. The van der Waals surface area contributed by atoms with Gasteiger partial charge in [-0.25, -0.2) is 4.79 Å². The van der Waals surface area contributed by atoms with Crippen molar-refractivity contribution in [2.75, 3.05) is 13.7 Å². The molecular formula is C26H29NO6S2. The average molecular weight is 516 g/mol. The van der Waals surface area contributed by atoms with Crippen molar-refractivity contribution in [3.63, 3.8) is 0 Å². The number of thiocarbonyl (C=S) groups is 1. The Morgan fingerprint density at radius 1 is 1.31 bits per heavy atom. The summed E-state index contributed by atoms with van der Waals surface area (Å²) in [6, 6.07) is 8.70. The van der Waals surface area contributed by atoms with E-state index in [0.29, 0.717) is 49.6 Å². The summed E-state index contributed by atoms with van der Waals surface area (Å²) in [5.41, 5.74) is 0.664. The number of carboxylic acid groups (broad SMARTS) is 1. The third kappa shape index (κ3) is 5.90. The van der Waals surface area contributed by atoms with Crippen molar-refractivity contribution in [2.45, 2.75) is 45.6 Å². The van der Waals surface area contributed by atoms with Gasteiger partial charge in [0.25, 0.3) is 5.91 Å². The van der Waals surface area contributed by atoms with E-state index in [1.54, 1.807) is 41.3 Å². The summed E-state index contributed by atoms with van der Waals surface area (Å²) >= 11 is 6.89. The predicted molar refractivity (Wildman–Crippen MR) is 139 cm³/mol. The molecule has 0 spiro atoms. The normalized spacial score (nSPS) is 22.5. The smallest absolute Gasteiger partial charge is 0.341 e. The van der Waals surface area contributed by atoms with Crippen molar-refractivity contribution in [1.29, 1.82) is 0 Å². The number of aliphatic carboxylic acids is 1. The zero-order chi connectivity index (χ0) is 25.1. The highest BCUT2D eigenvalue weighted by Crippen LogP contribution is 2.40. The van der Waals surface area contributed by atoms with Gasteiger partial charge >= 0.3 is 5.97 Å². The maximum absolute atomic E-state index is 13.2. The maximum atomic E-state index is 13.2. The first kappa shape index (κ1) is 25.3. The van der Waals surface area contributed by atoms with Gasteiger partial charge in [-0.3, -0.25) is 9.69 Å². The van der Waals surface area contributed by atoms with Crippen LogP contribution in [-0.2, 0) is 9.59 Å². The number of benzene rings is 1. The van der Waals surface area contributed by atoms with Crippen LogP contribution in [0, 0.1) is 11.8 Å². The monoisotopic (exact) mass is 515 g/mol. The van der Waals surface area contributed by atoms with Crippen LogP contribution in [-0.4, -0.2) is 46.0 Å². The number of rotatable bonds is 8. The minimum Gasteiger partial charge on any atom is -0.497 e. The lowest BCUT2D eigenvalue weighted by Gasteiger charge is -2.35. The minimum absolute atomic E-state index is 0.0734. The zero-order valence-corrected chi connectivity index (χ0v) is 21.6. The molecule has 1 aliphatic heterocycles. The Morgan fingerprint density at radius 2 is 2.09 bits per heavy atom. The summed E-state index contributed by atoms with van der Waals surface area (Å²) in [6.45, 7) is 3.92. The van der Waals surface area contributed by atoms with E-state index in [1.165, 1.54) is 31.7 Å². The van der Waals surface area contributed by atoms with E-state index in [1.807, 2.05) is 0 Å². The maximum Gasteiger partial charge on any atom is 0.341 e. The van der Waals surface area contributed by atoms with Crippen LogP contribution in [0.25, 0.3) is 17.4 Å². The van der Waals surface area contributed by atoms with Crippen LogP contribution in [0.4, 0.5) is 0 Å². The van der Waals surface area contributed by atoms with E-state index in [4.69, 9.17) is 31.2 Å². The Balaban J connectivity index is 1.52. The van der Waals surface area contributed by atoms with E-state index in [2.05, 4.69) is 13.8 Å². The molecule has 1 aromatic carbocycles. The number of methoxy groups -OCH3 is 1. The lowest BCUT2D eigenvalue weighted by atomic mass is 9.78. The topological polar surface area (TPSA) is 89.2 Å². The van der Waals surface area contributed by atoms with Crippen molar-refractivity contribution >= 4 is 46.3 Å². The fourth-order valence-electron chi connectivity index (χ4n) is 4.74. The zero-order valence-electron chi connectivity index (χ0n) is 20.0. The number of amides is 1. The summed E-state index contributed by atoms with van der Waals surface area (Å²) in [6.07, 6.45) is 6.42. The Bertz CT molecular complexity index is 1160. The molecular weight excluding hydrogens is 486 g/mol. The summed E-state index contributed by atoms with van der Waals surface area (Å²) in [7, 11) is 1.52. The van der Waals surface area contributed by atoms with Gasteiger partial charge in [-0.15, -0.1) is 0 Å². The lowest BCUT2D eigenvalue weighted by Crippen LogP contribution is -2.42. The molecule has 2 aliphatic rings. The van der Waals surface area contributed by atoms with Crippen LogP contribution in [0.5, 0.6) is 11.5 Å². The van der Waals surface area contributed by atoms with Gasteiger partial charge in [0.1, 0.15) is 27.3 Å². The molecule has 2 fully saturated rings.